The number of hydrogen-bond donors (Lipinski definition) is 1. The summed E-state index contributed by atoms with van der Waals surface area (Å²) in [5.74, 6) is 0.710. The summed E-state index contributed by atoms with van der Waals surface area (Å²) < 4.78 is 5.52. The van der Waals surface area contributed by atoms with Gasteiger partial charge in [0.15, 0.2) is 0 Å². The molecule has 100 valence electrons. The molecule has 1 aromatic heterocycles. The highest BCUT2D eigenvalue weighted by Crippen LogP contribution is 2.33. The van der Waals surface area contributed by atoms with Gasteiger partial charge in [-0.1, -0.05) is 25.7 Å². The van der Waals surface area contributed by atoms with E-state index in [-0.39, 0.29) is 0 Å². The molecule has 1 aromatic rings. The molecule has 2 fully saturated rings. The molecule has 0 amide bonds. The maximum absolute atomic E-state index is 5.52. The minimum atomic E-state index is 0.322. The zero-order chi connectivity index (χ0) is 12.2. The van der Waals surface area contributed by atoms with Crippen LogP contribution in [0, 0.1) is 0 Å². The van der Waals surface area contributed by atoms with Crippen LogP contribution in [0.1, 0.15) is 61.2 Å². The molecule has 1 saturated heterocycles. The number of rotatable bonds is 2. The predicted molar refractivity (Wildman–Crippen MR) is 74.1 cm³/mol. The Labute approximate surface area is 113 Å². The summed E-state index contributed by atoms with van der Waals surface area (Å²) in [4.78, 5) is 4.88. The quantitative estimate of drug-likeness (QED) is 0.834. The van der Waals surface area contributed by atoms with Crippen LogP contribution >= 0.6 is 11.3 Å². The Hall–Kier alpha value is -0.450. The normalized spacial score (nSPS) is 27.0. The highest BCUT2D eigenvalue weighted by atomic mass is 32.1. The second-order valence-corrected chi connectivity index (χ2v) is 6.27. The zero-order valence-electron chi connectivity index (χ0n) is 10.9. The fourth-order valence-corrected chi connectivity index (χ4v) is 3.91. The van der Waals surface area contributed by atoms with Gasteiger partial charge in [0.25, 0.3) is 0 Å². The Kier molecular flexibility index (Phi) is 4.28. The molecule has 1 unspecified atom stereocenters. The van der Waals surface area contributed by atoms with Gasteiger partial charge in [-0.15, -0.1) is 11.3 Å². The summed E-state index contributed by atoms with van der Waals surface area (Å²) in [6, 6.07) is 0.322. The molecule has 0 bridgehead atoms. The van der Waals surface area contributed by atoms with E-state index in [1.807, 2.05) is 0 Å². The molecule has 0 aromatic carbocycles. The molecule has 1 saturated carbocycles. The lowest BCUT2D eigenvalue weighted by atomic mass is 9.97. The lowest BCUT2D eigenvalue weighted by Gasteiger charge is -2.21. The second kappa shape index (κ2) is 6.13. The van der Waals surface area contributed by atoms with Crippen LogP contribution in [-0.2, 0) is 4.74 Å². The second-order valence-electron chi connectivity index (χ2n) is 5.38. The van der Waals surface area contributed by atoms with Gasteiger partial charge in [-0.3, -0.25) is 0 Å². The van der Waals surface area contributed by atoms with Crippen molar-refractivity contribution in [3.63, 3.8) is 0 Å². The minimum Gasteiger partial charge on any atom is -0.378 e. The van der Waals surface area contributed by atoms with Crippen LogP contribution in [0.4, 0.5) is 0 Å². The fraction of sp³-hybridized carbons (Fsp3) is 0.786. The maximum Gasteiger partial charge on any atom is 0.112 e. The van der Waals surface area contributed by atoms with E-state index in [0.717, 1.165) is 19.8 Å². The van der Waals surface area contributed by atoms with Crippen molar-refractivity contribution in [1.29, 1.82) is 0 Å². The summed E-state index contributed by atoms with van der Waals surface area (Å²) in [7, 11) is 0. The standard InChI is InChI=1S/C14H22N2OS/c1-2-4-6-11(5-3-1)13-10-18-14(16-13)12-9-17-8-7-15-12/h10-12,15H,1-9H2. The van der Waals surface area contributed by atoms with E-state index in [0.29, 0.717) is 12.0 Å². The molecule has 1 atom stereocenters. The highest BCUT2D eigenvalue weighted by Gasteiger charge is 2.22. The van der Waals surface area contributed by atoms with Crippen LogP contribution in [0.3, 0.4) is 0 Å². The average molecular weight is 266 g/mol. The van der Waals surface area contributed by atoms with E-state index in [1.165, 1.54) is 49.2 Å². The molecule has 0 radical (unpaired) electrons. The van der Waals surface area contributed by atoms with E-state index in [2.05, 4.69) is 10.7 Å². The molecule has 1 aliphatic heterocycles. The number of nitrogens with zero attached hydrogens (tertiary/aromatic N) is 1. The smallest absolute Gasteiger partial charge is 0.112 e. The molecule has 1 aliphatic carbocycles. The molecule has 3 rings (SSSR count). The van der Waals surface area contributed by atoms with Crippen molar-refractivity contribution in [2.45, 2.75) is 50.5 Å². The summed E-state index contributed by atoms with van der Waals surface area (Å²) in [5, 5.41) is 6.98. The molecular weight excluding hydrogens is 244 g/mol. The van der Waals surface area contributed by atoms with Crippen molar-refractivity contribution >= 4 is 11.3 Å². The minimum absolute atomic E-state index is 0.322. The van der Waals surface area contributed by atoms with Gasteiger partial charge in [-0.2, -0.15) is 0 Å². The van der Waals surface area contributed by atoms with Gasteiger partial charge in [0.05, 0.1) is 24.9 Å². The third-order valence-corrected chi connectivity index (χ3v) is 5.01. The van der Waals surface area contributed by atoms with Crippen LogP contribution in [0.2, 0.25) is 0 Å². The van der Waals surface area contributed by atoms with Crippen LogP contribution in [0.25, 0.3) is 0 Å². The topological polar surface area (TPSA) is 34.1 Å². The largest absolute Gasteiger partial charge is 0.378 e. The molecule has 4 heteroatoms. The Morgan fingerprint density at radius 2 is 2.06 bits per heavy atom. The van der Waals surface area contributed by atoms with Crippen LogP contribution in [0.15, 0.2) is 5.38 Å². The number of nitrogens with one attached hydrogen (secondary N) is 1. The molecular formula is C14H22N2OS. The molecule has 2 aliphatic rings. The summed E-state index contributed by atoms with van der Waals surface area (Å²) in [5.41, 5.74) is 1.34. The van der Waals surface area contributed by atoms with Crippen LogP contribution in [0.5, 0.6) is 0 Å². The van der Waals surface area contributed by atoms with Gasteiger partial charge in [0.1, 0.15) is 5.01 Å². The third kappa shape index (κ3) is 2.92. The van der Waals surface area contributed by atoms with Crippen molar-refractivity contribution in [1.82, 2.24) is 10.3 Å². The molecule has 18 heavy (non-hydrogen) atoms. The van der Waals surface area contributed by atoms with Crippen LogP contribution < -0.4 is 5.32 Å². The zero-order valence-corrected chi connectivity index (χ0v) is 11.7. The van der Waals surface area contributed by atoms with Crippen molar-refractivity contribution in [2.75, 3.05) is 19.8 Å². The van der Waals surface area contributed by atoms with E-state index in [4.69, 9.17) is 9.72 Å². The van der Waals surface area contributed by atoms with Crippen molar-refractivity contribution in [3.8, 4) is 0 Å². The first-order valence-corrected chi connectivity index (χ1v) is 8.08. The molecule has 3 nitrogen and oxygen atoms in total. The van der Waals surface area contributed by atoms with Gasteiger partial charge < -0.3 is 10.1 Å². The van der Waals surface area contributed by atoms with Gasteiger partial charge in [0, 0.05) is 17.8 Å². The number of aromatic nitrogens is 1. The lowest BCUT2D eigenvalue weighted by molar-refractivity contribution is 0.0767. The summed E-state index contributed by atoms with van der Waals surface area (Å²) in [6.45, 7) is 2.55. The maximum atomic E-state index is 5.52. The van der Waals surface area contributed by atoms with E-state index in [9.17, 15) is 0 Å². The Balaban J connectivity index is 1.67. The van der Waals surface area contributed by atoms with Gasteiger partial charge in [-0.05, 0) is 12.8 Å². The molecule has 1 N–H and O–H groups in total. The van der Waals surface area contributed by atoms with Crippen molar-refractivity contribution < 1.29 is 4.74 Å². The third-order valence-electron chi connectivity index (χ3n) is 4.03. The lowest BCUT2D eigenvalue weighted by Crippen LogP contribution is -2.34. The first-order valence-electron chi connectivity index (χ1n) is 7.20. The van der Waals surface area contributed by atoms with E-state index >= 15 is 0 Å². The van der Waals surface area contributed by atoms with Crippen LogP contribution in [-0.4, -0.2) is 24.7 Å². The Morgan fingerprint density at radius 1 is 1.22 bits per heavy atom. The monoisotopic (exact) mass is 266 g/mol. The fourth-order valence-electron chi connectivity index (χ4n) is 2.95. The van der Waals surface area contributed by atoms with E-state index < -0.39 is 0 Å². The van der Waals surface area contributed by atoms with Crippen molar-refractivity contribution in [3.05, 3.63) is 16.1 Å². The average Bonchev–Trinajstić information content (AvgIpc) is 2.76. The van der Waals surface area contributed by atoms with Gasteiger partial charge in [0.2, 0.25) is 0 Å². The molecule has 2 heterocycles. The number of thiazole rings is 1. The first kappa shape index (κ1) is 12.6. The number of ether oxygens (including phenoxy) is 1. The summed E-state index contributed by atoms with van der Waals surface area (Å²) >= 11 is 1.80. The SMILES string of the molecule is c1sc(C2COCCN2)nc1C1CCCCCC1. The number of morpholine rings is 1. The Morgan fingerprint density at radius 3 is 2.78 bits per heavy atom. The van der Waals surface area contributed by atoms with E-state index in [1.54, 1.807) is 11.3 Å². The summed E-state index contributed by atoms with van der Waals surface area (Å²) in [6.07, 6.45) is 8.23. The number of hydrogen-bond acceptors (Lipinski definition) is 4. The highest BCUT2D eigenvalue weighted by molar-refractivity contribution is 7.09. The predicted octanol–water partition coefficient (Wildman–Crippen LogP) is 3.24. The van der Waals surface area contributed by atoms with Gasteiger partial charge >= 0.3 is 0 Å². The molecule has 0 spiro atoms. The first-order chi connectivity index (χ1) is 8.93. The van der Waals surface area contributed by atoms with Gasteiger partial charge in [-0.25, -0.2) is 4.98 Å². The van der Waals surface area contributed by atoms with Crippen molar-refractivity contribution in [2.24, 2.45) is 0 Å². The Bertz CT molecular complexity index is 366.